The Labute approximate surface area is 182 Å². The van der Waals surface area contributed by atoms with Crippen molar-refractivity contribution in [2.45, 2.75) is 26.9 Å². The molecule has 0 spiro atoms. The number of nitrogens with two attached hydrogens (primary N) is 2. The average Bonchev–Trinajstić information content (AvgIpc) is 3.47. The van der Waals surface area contributed by atoms with Crippen molar-refractivity contribution in [3.8, 4) is 5.69 Å². The van der Waals surface area contributed by atoms with E-state index < -0.39 is 13.1 Å². The van der Waals surface area contributed by atoms with Gasteiger partial charge in [-0.05, 0) is 35.8 Å². The number of aryl methyl sites for hydroxylation is 2. The van der Waals surface area contributed by atoms with E-state index >= 15 is 0 Å². The summed E-state index contributed by atoms with van der Waals surface area (Å²) in [7, 11) is 0. The number of halogens is 5. The fraction of sp³-hybridized carbons (Fsp3) is 0.250. The second kappa shape index (κ2) is 10.6. The van der Waals surface area contributed by atoms with Crippen molar-refractivity contribution in [2.24, 2.45) is 0 Å². The number of nitrogens with one attached hydrogen (secondary N) is 1. The first-order chi connectivity index (χ1) is 14.6. The molecule has 0 radical (unpaired) electrons. The second-order valence-electron chi connectivity index (χ2n) is 5.87. The summed E-state index contributed by atoms with van der Waals surface area (Å²) >= 11 is 3.07. The van der Waals surface area contributed by atoms with E-state index in [9.17, 15) is 17.6 Å². The van der Waals surface area contributed by atoms with Gasteiger partial charge in [-0.1, -0.05) is 0 Å². The lowest BCUT2D eigenvalue weighted by Gasteiger charge is -1.96. The largest absolute Gasteiger partial charge is 0.384 e. The number of hydrogen-bond donors (Lipinski definition) is 3. The molecule has 0 saturated carbocycles. The third-order valence-corrected chi connectivity index (χ3v) is 4.30. The van der Waals surface area contributed by atoms with Crippen LogP contribution in [0, 0.1) is 13.8 Å². The number of alkyl halides is 4. The number of rotatable bonds is 3. The quantitative estimate of drug-likeness (QED) is 0.362. The molecule has 0 fully saturated rings. The number of nitrogens with zero attached hydrogens (tertiary/aromatic N) is 7. The lowest BCUT2D eigenvalue weighted by atomic mass is 10.4. The summed E-state index contributed by atoms with van der Waals surface area (Å²) in [6.07, 6.45) is 5.68. The number of anilines is 2. The molecule has 0 aliphatic heterocycles. The van der Waals surface area contributed by atoms with Crippen molar-refractivity contribution in [1.82, 2.24) is 39.5 Å². The normalized spacial score (nSPS) is 10.6. The highest BCUT2D eigenvalue weighted by atomic mass is 79.9. The molecule has 0 bridgehead atoms. The maximum absolute atomic E-state index is 12.3. The molecule has 168 valence electrons. The number of hydrogen-bond acceptors (Lipinski definition) is 6. The van der Waals surface area contributed by atoms with Gasteiger partial charge < -0.3 is 11.5 Å². The van der Waals surface area contributed by atoms with Gasteiger partial charge in [0.25, 0.3) is 0 Å². The Kier molecular flexibility index (Phi) is 8.18. The Bertz CT molecular complexity index is 1050. The SMILES string of the molecule is Cc1nn(C(F)F)cc1-n1ccc(N)n1.Cc1nn(C(F)F)cc1Br.Nc1ccn[nH]1. The zero-order valence-corrected chi connectivity index (χ0v) is 17.9. The molecule has 0 amide bonds. The van der Waals surface area contributed by atoms with Crippen LogP contribution < -0.4 is 11.5 Å². The van der Waals surface area contributed by atoms with Crippen molar-refractivity contribution < 1.29 is 17.6 Å². The summed E-state index contributed by atoms with van der Waals surface area (Å²) < 4.78 is 51.5. The standard InChI is InChI=1S/C8H9F2N5.C5H5BrF2N2.C3H5N3/c1-5-6(4-15(12-5)8(9)10)14-3-2-7(11)13-14;1-3-4(6)2-10(9-3)5(7)8;4-3-1-2-5-6-3/h2-4,8H,1H3,(H2,11,13);2,5H,1H3;1-2H,(H3,4,5,6). The zero-order valence-electron chi connectivity index (χ0n) is 16.3. The van der Waals surface area contributed by atoms with Crippen LogP contribution in [0.4, 0.5) is 29.2 Å². The van der Waals surface area contributed by atoms with Gasteiger partial charge >= 0.3 is 13.1 Å². The molecule has 0 aliphatic carbocycles. The van der Waals surface area contributed by atoms with Crippen LogP contribution in [-0.4, -0.2) is 39.5 Å². The van der Waals surface area contributed by atoms with E-state index in [0.717, 1.165) is 0 Å². The van der Waals surface area contributed by atoms with Crippen molar-refractivity contribution in [3.63, 3.8) is 0 Å². The van der Waals surface area contributed by atoms with Gasteiger partial charge in [-0.25, -0.2) is 14.0 Å². The second-order valence-corrected chi connectivity index (χ2v) is 6.73. The van der Waals surface area contributed by atoms with Crippen LogP contribution in [0.2, 0.25) is 0 Å². The number of H-pyrrole nitrogens is 1. The van der Waals surface area contributed by atoms with Gasteiger partial charge in [-0.2, -0.15) is 38.0 Å². The lowest BCUT2D eigenvalue weighted by molar-refractivity contribution is 0.0558. The van der Waals surface area contributed by atoms with Crippen LogP contribution in [0.25, 0.3) is 5.69 Å². The predicted octanol–water partition coefficient (Wildman–Crippen LogP) is 3.70. The minimum absolute atomic E-state index is 0.333. The number of nitrogen functional groups attached to an aromatic ring is 2. The third kappa shape index (κ3) is 6.84. The summed E-state index contributed by atoms with van der Waals surface area (Å²) in [4.78, 5) is 0. The molecule has 10 nitrogen and oxygen atoms in total. The van der Waals surface area contributed by atoms with Crippen LogP contribution >= 0.6 is 15.9 Å². The van der Waals surface area contributed by atoms with E-state index in [0.29, 0.717) is 42.5 Å². The van der Waals surface area contributed by atoms with Crippen molar-refractivity contribution in [3.05, 3.63) is 52.8 Å². The van der Waals surface area contributed by atoms with Gasteiger partial charge in [0, 0.05) is 18.5 Å². The van der Waals surface area contributed by atoms with E-state index in [1.54, 1.807) is 38.4 Å². The molecule has 4 heterocycles. The molecule has 0 aromatic carbocycles. The molecule has 31 heavy (non-hydrogen) atoms. The average molecular weight is 507 g/mol. The molecule has 0 aliphatic rings. The van der Waals surface area contributed by atoms with E-state index in [1.807, 2.05) is 0 Å². The molecule has 4 aromatic rings. The van der Waals surface area contributed by atoms with Crippen LogP contribution in [0.3, 0.4) is 0 Å². The first kappa shape index (κ1) is 23.9. The van der Waals surface area contributed by atoms with Crippen LogP contribution in [0.5, 0.6) is 0 Å². The third-order valence-electron chi connectivity index (χ3n) is 3.53. The van der Waals surface area contributed by atoms with Crippen LogP contribution in [0.1, 0.15) is 24.5 Å². The lowest BCUT2D eigenvalue weighted by Crippen LogP contribution is -1.98. The molecule has 4 rings (SSSR count). The van der Waals surface area contributed by atoms with Crippen LogP contribution in [0.15, 0.2) is 41.4 Å². The Balaban J connectivity index is 0.000000183. The first-order valence-electron chi connectivity index (χ1n) is 8.48. The minimum Gasteiger partial charge on any atom is -0.384 e. The van der Waals surface area contributed by atoms with Crippen molar-refractivity contribution in [1.29, 1.82) is 0 Å². The fourth-order valence-corrected chi connectivity index (χ4v) is 2.38. The minimum atomic E-state index is -2.65. The molecule has 0 unspecified atom stereocenters. The van der Waals surface area contributed by atoms with E-state index in [2.05, 4.69) is 41.4 Å². The van der Waals surface area contributed by atoms with Gasteiger partial charge in [-0.3, -0.25) is 5.10 Å². The monoisotopic (exact) mass is 506 g/mol. The maximum Gasteiger partial charge on any atom is 0.333 e. The van der Waals surface area contributed by atoms with E-state index in [1.165, 1.54) is 17.1 Å². The summed E-state index contributed by atoms with van der Waals surface area (Å²) in [6.45, 7) is -1.91. The fourth-order valence-electron chi connectivity index (χ4n) is 2.10. The predicted molar refractivity (Wildman–Crippen MR) is 109 cm³/mol. The Morgan fingerprint density at radius 3 is 1.87 bits per heavy atom. The van der Waals surface area contributed by atoms with Gasteiger partial charge in [0.05, 0.1) is 28.3 Å². The molecule has 15 heteroatoms. The van der Waals surface area contributed by atoms with Crippen molar-refractivity contribution in [2.75, 3.05) is 11.5 Å². The summed E-state index contributed by atoms with van der Waals surface area (Å²) in [5.74, 6) is 0.939. The van der Waals surface area contributed by atoms with E-state index in [-0.39, 0.29) is 0 Å². The highest BCUT2D eigenvalue weighted by Crippen LogP contribution is 2.18. The molecule has 0 atom stereocenters. The van der Waals surface area contributed by atoms with Gasteiger partial charge in [0.1, 0.15) is 17.3 Å². The Morgan fingerprint density at radius 2 is 1.55 bits per heavy atom. The van der Waals surface area contributed by atoms with Gasteiger partial charge in [-0.15, -0.1) is 0 Å². The summed E-state index contributed by atoms with van der Waals surface area (Å²) in [5.41, 5.74) is 12.1. The summed E-state index contributed by atoms with van der Waals surface area (Å²) in [6, 6.07) is 3.28. The van der Waals surface area contributed by atoms with Crippen molar-refractivity contribution >= 4 is 27.6 Å². The highest BCUT2D eigenvalue weighted by Gasteiger charge is 2.13. The highest BCUT2D eigenvalue weighted by molar-refractivity contribution is 9.10. The summed E-state index contributed by atoms with van der Waals surface area (Å²) in [5, 5.41) is 17.2. The number of aromatic nitrogens is 8. The molecular formula is C16H19BrF4N10. The van der Waals surface area contributed by atoms with Gasteiger partial charge in [0.2, 0.25) is 0 Å². The van der Waals surface area contributed by atoms with Gasteiger partial charge in [0.15, 0.2) is 0 Å². The van der Waals surface area contributed by atoms with Crippen LogP contribution in [-0.2, 0) is 0 Å². The molecular weight excluding hydrogens is 488 g/mol. The molecule has 5 N–H and O–H groups in total. The Morgan fingerprint density at radius 1 is 0.935 bits per heavy atom. The maximum atomic E-state index is 12.3. The first-order valence-corrected chi connectivity index (χ1v) is 9.27. The zero-order chi connectivity index (χ0) is 23.1. The Hall–Kier alpha value is -3.36. The molecule has 0 saturated heterocycles. The number of aromatic amines is 1. The smallest absolute Gasteiger partial charge is 0.333 e. The van der Waals surface area contributed by atoms with E-state index in [4.69, 9.17) is 11.5 Å². The molecule has 4 aromatic heterocycles. The topological polar surface area (TPSA) is 134 Å².